The molecule has 6 nitrogen and oxygen atoms in total. The minimum absolute atomic E-state index is 0.00491. The first kappa shape index (κ1) is 16.8. The van der Waals surface area contributed by atoms with Crippen LogP contribution in [0.15, 0.2) is 35.4 Å². The number of hydrogen-bond donors (Lipinski definition) is 0. The predicted molar refractivity (Wildman–Crippen MR) is 84.8 cm³/mol. The molecule has 1 aromatic rings. The average Bonchev–Trinajstić information content (AvgIpc) is 2.55. The van der Waals surface area contributed by atoms with Crippen molar-refractivity contribution >= 4 is 0 Å². The van der Waals surface area contributed by atoms with E-state index in [0.717, 1.165) is 12.8 Å². The highest BCUT2D eigenvalue weighted by Crippen LogP contribution is 2.34. The Morgan fingerprint density at radius 2 is 2.00 bits per heavy atom. The van der Waals surface area contributed by atoms with Crippen LogP contribution in [0.1, 0.15) is 31.4 Å². The molecular weight excluding hydrogens is 280 g/mol. The number of nitrogens with zero attached hydrogens (tertiary/aromatic N) is 4. The smallest absolute Gasteiger partial charge is 0.196 e. The van der Waals surface area contributed by atoms with Gasteiger partial charge in [0.15, 0.2) is 12.5 Å². The molecule has 4 atom stereocenters. The van der Waals surface area contributed by atoms with Gasteiger partial charge in [0, 0.05) is 24.0 Å². The van der Waals surface area contributed by atoms with Crippen molar-refractivity contribution < 1.29 is 14.0 Å². The number of rotatable bonds is 5. The van der Waals surface area contributed by atoms with Gasteiger partial charge in [-0.05, 0) is 18.9 Å². The van der Waals surface area contributed by atoms with Crippen LogP contribution in [-0.4, -0.2) is 44.2 Å². The summed E-state index contributed by atoms with van der Waals surface area (Å²) in [5.41, 5.74) is 9.92. The largest absolute Gasteiger partial charge is 0.355 e. The molecule has 0 unspecified atom stereocenters. The van der Waals surface area contributed by atoms with E-state index in [4.69, 9.17) is 15.0 Å². The zero-order valence-electron chi connectivity index (χ0n) is 13.7. The summed E-state index contributed by atoms with van der Waals surface area (Å²) in [4.78, 5) is 2.89. The molecule has 0 aromatic heterocycles. The van der Waals surface area contributed by atoms with Crippen LogP contribution in [0.3, 0.4) is 0 Å². The number of ether oxygens (including phenoxy) is 2. The molecule has 1 aromatic carbocycles. The van der Waals surface area contributed by atoms with Crippen LogP contribution in [0.5, 0.6) is 0 Å². The summed E-state index contributed by atoms with van der Waals surface area (Å²) in [5.74, 6) is 0. The van der Waals surface area contributed by atoms with Crippen molar-refractivity contribution in [1.82, 2.24) is 0 Å². The summed E-state index contributed by atoms with van der Waals surface area (Å²) in [5, 5.41) is 3.78. The average molecular weight is 305 g/mol. The lowest BCUT2D eigenvalue weighted by molar-refractivity contribution is -0.967. The minimum atomic E-state index is -0.477. The SMILES string of the molecule is CO[C@H]1O[C@H]([N+](C)(C)[C@H](C)c2ccccc2)CC[C@H]1N=[N+]=[N-]. The second kappa shape index (κ2) is 7.11. The molecule has 1 saturated heterocycles. The van der Waals surface area contributed by atoms with Gasteiger partial charge < -0.3 is 4.74 Å². The van der Waals surface area contributed by atoms with Gasteiger partial charge in [0.2, 0.25) is 0 Å². The zero-order valence-corrected chi connectivity index (χ0v) is 13.7. The molecule has 1 heterocycles. The molecular formula is C16H25N4O2+. The van der Waals surface area contributed by atoms with E-state index in [9.17, 15) is 0 Å². The lowest BCUT2D eigenvalue weighted by atomic mass is 10.0. The quantitative estimate of drug-likeness (QED) is 0.361. The highest BCUT2D eigenvalue weighted by Gasteiger charge is 2.42. The fraction of sp³-hybridized carbons (Fsp3) is 0.625. The molecule has 1 aliphatic rings. The maximum Gasteiger partial charge on any atom is 0.196 e. The van der Waals surface area contributed by atoms with Crippen molar-refractivity contribution in [1.29, 1.82) is 0 Å². The normalized spacial score (nSPS) is 27.0. The van der Waals surface area contributed by atoms with Gasteiger partial charge in [-0.1, -0.05) is 35.4 Å². The maximum atomic E-state index is 8.64. The van der Waals surface area contributed by atoms with Crippen LogP contribution in [-0.2, 0) is 9.47 Å². The van der Waals surface area contributed by atoms with Gasteiger partial charge in [0.05, 0.1) is 20.1 Å². The third-order valence-corrected chi connectivity index (χ3v) is 4.77. The molecule has 120 valence electrons. The highest BCUT2D eigenvalue weighted by molar-refractivity contribution is 5.16. The van der Waals surface area contributed by atoms with Crippen molar-refractivity contribution in [2.24, 2.45) is 5.11 Å². The summed E-state index contributed by atoms with van der Waals surface area (Å²) in [6.45, 7) is 2.21. The molecule has 0 spiro atoms. The molecule has 0 radical (unpaired) electrons. The van der Waals surface area contributed by atoms with Crippen molar-refractivity contribution in [3.8, 4) is 0 Å². The number of hydrogen-bond acceptors (Lipinski definition) is 3. The first-order valence-electron chi connectivity index (χ1n) is 7.61. The molecule has 22 heavy (non-hydrogen) atoms. The number of benzene rings is 1. The minimum Gasteiger partial charge on any atom is -0.355 e. The molecule has 0 bridgehead atoms. The summed E-state index contributed by atoms with van der Waals surface area (Å²) in [6, 6.07) is 10.5. The van der Waals surface area contributed by atoms with Crippen LogP contribution in [0.2, 0.25) is 0 Å². The van der Waals surface area contributed by atoms with Crippen molar-refractivity contribution in [3.63, 3.8) is 0 Å². The topological polar surface area (TPSA) is 67.2 Å². The van der Waals surface area contributed by atoms with Crippen molar-refractivity contribution in [3.05, 3.63) is 46.3 Å². The van der Waals surface area contributed by atoms with E-state index < -0.39 is 6.29 Å². The van der Waals surface area contributed by atoms with E-state index in [0.29, 0.717) is 10.5 Å². The standard InChI is InChI=1S/C16H25N4O2/c1-12(13-8-6-5-7-9-13)20(2,3)15-11-10-14(18-19-17)16(21-4)22-15/h5-9,12,14-16H,10-11H2,1-4H3/q+1/t12-,14-,15+,16+/m1/s1. The first-order valence-corrected chi connectivity index (χ1v) is 7.61. The van der Waals surface area contributed by atoms with E-state index in [1.807, 2.05) is 6.07 Å². The van der Waals surface area contributed by atoms with Crippen LogP contribution in [0, 0.1) is 0 Å². The number of azide groups is 1. The fourth-order valence-electron chi connectivity index (χ4n) is 3.01. The summed E-state index contributed by atoms with van der Waals surface area (Å²) in [7, 11) is 5.93. The second-order valence-corrected chi connectivity index (χ2v) is 6.26. The number of quaternary nitrogens is 1. The Kier molecular flexibility index (Phi) is 5.42. The first-order chi connectivity index (χ1) is 10.5. The molecule has 0 saturated carbocycles. The van der Waals surface area contributed by atoms with E-state index in [1.165, 1.54) is 5.56 Å². The molecule has 0 N–H and O–H groups in total. The Bertz CT molecular complexity index is 528. The Labute approximate surface area is 131 Å². The van der Waals surface area contributed by atoms with E-state index in [2.05, 4.69) is 55.3 Å². The Balaban J connectivity index is 2.14. The Morgan fingerprint density at radius 1 is 1.32 bits per heavy atom. The van der Waals surface area contributed by atoms with Crippen LogP contribution in [0.25, 0.3) is 10.4 Å². The van der Waals surface area contributed by atoms with Crippen molar-refractivity contribution in [2.75, 3.05) is 21.2 Å². The Hall–Kier alpha value is -1.59. The van der Waals surface area contributed by atoms with Gasteiger partial charge in [-0.15, -0.1) is 0 Å². The monoisotopic (exact) mass is 305 g/mol. The number of methoxy groups -OCH3 is 1. The Morgan fingerprint density at radius 3 is 2.59 bits per heavy atom. The maximum absolute atomic E-state index is 8.64. The van der Waals surface area contributed by atoms with E-state index in [-0.39, 0.29) is 12.3 Å². The van der Waals surface area contributed by atoms with Gasteiger partial charge in [0.25, 0.3) is 0 Å². The van der Waals surface area contributed by atoms with Gasteiger partial charge in [0.1, 0.15) is 6.04 Å². The molecule has 0 amide bonds. The molecule has 2 rings (SSSR count). The van der Waals surface area contributed by atoms with Crippen LogP contribution >= 0.6 is 0 Å². The summed E-state index contributed by atoms with van der Waals surface area (Å²) in [6.07, 6.45) is 1.14. The van der Waals surface area contributed by atoms with E-state index >= 15 is 0 Å². The lowest BCUT2D eigenvalue weighted by Gasteiger charge is -2.46. The predicted octanol–water partition coefficient (Wildman–Crippen LogP) is 3.61. The lowest BCUT2D eigenvalue weighted by Crippen LogP contribution is -2.56. The van der Waals surface area contributed by atoms with Crippen LogP contribution < -0.4 is 0 Å². The molecule has 1 fully saturated rings. The summed E-state index contributed by atoms with van der Waals surface area (Å²) < 4.78 is 12.2. The molecule has 6 heteroatoms. The molecule has 0 aliphatic carbocycles. The third kappa shape index (κ3) is 3.42. The van der Waals surface area contributed by atoms with Gasteiger partial charge in [-0.3, -0.25) is 9.22 Å². The second-order valence-electron chi connectivity index (χ2n) is 6.26. The van der Waals surface area contributed by atoms with Crippen molar-refractivity contribution in [2.45, 2.75) is 44.4 Å². The zero-order chi connectivity index (χ0) is 16.2. The van der Waals surface area contributed by atoms with Gasteiger partial charge in [-0.25, -0.2) is 0 Å². The third-order valence-electron chi connectivity index (χ3n) is 4.77. The summed E-state index contributed by atoms with van der Waals surface area (Å²) >= 11 is 0. The van der Waals surface area contributed by atoms with Gasteiger partial charge >= 0.3 is 0 Å². The fourth-order valence-corrected chi connectivity index (χ4v) is 3.01. The van der Waals surface area contributed by atoms with Crippen LogP contribution in [0.4, 0.5) is 0 Å². The highest BCUT2D eigenvalue weighted by atomic mass is 16.7. The molecule has 1 aliphatic heterocycles. The van der Waals surface area contributed by atoms with Gasteiger partial charge in [-0.2, -0.15) is 0 Å². The van der Waals surface area contributed by atoms with E-state index in [1.54, 1.807) is 7.11 Å².